The summed E-state index contributed by atoms with van der Waals surface area (Å²) in [5.74, 6) is 1.01. The van der Waals surface area contributed by atoms with Crippen LogP contribution in [0.25, 0.3) is 0 Å². The van der Waals surface area contributed by atoms with Gasteiger partial charge in [-0.05, 0) is 80.2 Å². The number of phenolic OH excluding ortho intramolecular Hbond substituents is 1. The number of piperidine rings is 1. The van der Waals surface area contributed by atoms with Crippen molar-refractivity contribution in [3.8, 4) is 5.75 Å². The molecule has 1 unspecified atom stereocenters. The van der Waals surface area contributed by atoms with E-state index in [1.54, 1.807) is 12.1 Å². The third kappa shape index (κ3) is 6.16. The maximum Gasteiger partial charge on any atom is 0.115 e. The van der Waals surface area contributed by atoms with Crippen molar-refractivity contribution in [2.24, 2.45) is 5.92 Å². The third-order valence-corrected chi connectivity index (χ3v) is 6.53. The second-order valence-electron chi connectivity index (χ2n) is 8.81. The van der Waals surface area contributed by atoms with Crippen molar-refractivity contribution in [2.75, 3.05) is 20.1 Å². The number of aromatic nitrogens is 1. The number of pyridine rings is 1. The van der Waals surface area contributed by atoms with Gasteiger partial charge in [0.25, 0.3) is 0 Å². The van der Waals surface area contributed by atoms with Gasteiger partial charge >= 0.3 is 0 Å². The van der Waals surface area contributed by atoms with Crippen LogP contribution < -0.4 is 0 Å². The van der Waals surface area contributed by atoms with Crippen molar-refractivity contribution in [3.63, 3.8) is 0 Å². The van der Waals surface area contributed by atoms with Crippen LogP contribution in [-0.2, 0) is 19.5 Å². The molecule has 4 nitrogen and oxygen atoms in total. The fourth-order valence-electron chi connectivity index (χ4n) is 4.79. The minimum Gasteiger partial charge on any atom is -0.508 e. The van der Waals surface area contributed by atoms with Crippen LogP contribution in [0.1, 0.15) is 29.5 Å². The van der Waals surface area contributed by atoms with Crippen LogP contribution in [0, 0.1) is 5.92 Å². The SMILES string of the molecule is CN(Cc1cccnc1)C(Cc1ccccc1)C1CCN(Cc2ccc(O)cc2)CC1. The van der Waals surface area contributed by atoms with Crippen molar-refractivity contribution in [2.45, 2.75) is 38.4 Å². The van der Waals surface area contributed by atoms with Gasteiger partial charge in [-0.2, -0.15) is 0 Å². The van der Waals surface area contributed by atoms with Crippen LogP contribution in [-0.4, -0.2) is 46.1 Å². The third-order valence-electron chi connectivity index (χ3n) is 6.53. The molecule has 4 heteroatoms. The summed E-state index contributed by atoms with van der Waals surface area (Å²) >= 11 is 0. The van der Waals surface area contributed by atoms with Crippen molar-refractivity contribution >= 4 is 0 Å². The van der Waals surface area contributed by atoms with Gasteiger partial charge in [0.2, 0.25) is 0 Å². The van der Waals surface area contributed by atoms with Gasteiger partial charge in [0.05, 0.1) is 0 Å². The highest BCUT2D eigenvalue weighted by atomic mass is 16.3. The number of hydrogen-bond acceptors (Lipinski definition) is 4. The number of hydrogen-bond donors (Lipinski definition) is 1. The molecule has 2 aromatic carbocycles. The van der Waals surface area contributed by atoms with Crippen LogP contribution in [0.4, 0.5) is 0 Å². The Bertz CT molecular complexity index is 906. The van der Waals surface area contributed by atoms with Crippen molar-refractivity contribution in [3.05, 3.63) is 95.8 Å². The average Bonchev–Trinajstić information content (AvgIpc) is 2.81. The van der Waals surface area contributed by atoms with Gasteiger partial charge < -0.3 is 5.11 Å². The first kappa shape index (κ1) is 21.5. The van der Waals surface area contributed by atoms with Gasteiger partial charge in [0, 0.05) is 31.5 Å². The fourth-order valence-corrected chi connectivity index (χ4v) is 4.79. The zero-order chi connectivity index (χ0) is 21.5. The first-order valence-electron chi connectivity index (χ1n) is 11.3. The van der Waals surface area contributed by atoms with Gasteiger partial charge in [0.15, 0.2) is 0 Å². The number of rotatable bonds is 8. The molecular formula is C27H33N3O. The number of likely N-dealkylation sites (tertiary alicyclic amines) is 1. The van der Waals surface area contributed by atoms with Gasteiger partial charge in [-0.25, -0.2) is 0 Å². The van der Waals surface area contributed by atoms with Crippen molar-refractivity contribution in [1.29, 1.82) is 0 Å². The Hall–Kier alpha value is -2.69. The lowest BCUT2D eigenvalue weighted by atomic mass is 9.84. The summed E-state index contributed by atoms with van der Waals surface area (Å²) in [6.07, 6.45) is 7.34. The molecule has 0 bridgehead atoms. The zero-order valence-corrected chi connectivity index (χ0v) is 18.4. The number of aromatic hydroxyl groups is 1. The summed E-state index contributed by atoms with van der Waals surface area (Å²) in [5.41, 5.74) is 3.95. The van der Waals surface area contributed by atoms with E-state index in [1.165, 1.54) is 29.5 Å². The first-order valence-corrected chi connectivity index (χ1v) is 11.3. The Morgan fingerprint density at radius 2 is 1.65 bits per heavy atom. The molecule has 1 aliphatic heterocycles. The predicted octanol–water partition coefficient (Wildman–Crippen LogP) is 4.74. The molecule has 162 valence electrons. The van der Waals surface area contributed by atoms with Crippen molar-refractivity contribution < 1.29 is 5.11 Å². The molecule has 1 N–H and O–H groups in total. The number of benzene rings is 2. The smallest absolute Gasteiger partial charge is 0.115 e. The second kappa shape index (κ2) is 10.6. The van der Waals surface area contributed by atoms with E-state index < -0.39 is 0 Å². The van der Waals surface area contributed by atoms with E-state index in [0.717, 1.165) is 32.6 Å². The molecule has 3 aromatic rings. The Morgan fingerprint density at radius 3 is 2.32 bits per heavy atom. The molecule has 4 rings (SSSR count). The molecule has 31 heavy (non-hydrogen) atoms. The lowest BCUT2D eigenvalue weighted by Gasteiger charge is -2.40. The molecule has 1 atom stereocenters. The van der Waals surface area contributed by atoms with Crippen LogP contribution >= 0.6 is 0 Å². The van der Waals surface area contributed by atoms with E-state index in [9.17, 15) is 5.11 Å². The number of likely N-dealkylation sites (N-methyl/N-ethyl adjacent to an activating group) is 1. The highest BCUT2D eigenvalue weighted by Gasteiger charge is 2.29. The standard InChI is InChI=1S/C27H33N3O/c1-29(20-24-8-5-15-28-19-24)27(18-22-6-3-2-4-7-22)25-13-16-30(17-14-25)21-23-9-11-26(31)12-10-23/h2-12,15,19,25,27,31H,13-14,16-18,20-21H2,1H3. The molecule has 1 aromatic heterocycles. The summed E-state index contributed by atoms with van der Waals surface area (Å²) in [7, 11) is 2.27. The van der Waals surface area contributed by atoms with Crippen LogP contribution in [0.2, 0.25) is 0 Å². The van der Waals surface area contributed by atoms with E-state index in [2.05, 4.69) is 58.2 Å². The lowest BCUT2D eigenvalue weighted by molar-refractivity contribution is 0.0954. The number of phenols is 1. The summed E-state index contributed by atoms with van der Waals surface area (Å²) < 4.78 is 0. The zero-order valence-electron chi connectivity index (χ0n) is 18.4. The van der Waals surface area contributed by atoms with E-state index >= 15 is 0 Å². The second-order valence-corrected chi connectivity index (χ2v) is 8.81. The van der Waals surface area contributed by atoms with Crippen molar-refractivity contribution in [1.82, 2.24) is 14.8 Å². The average molecular weight is 416 g/mol. The molecule has 0 radical (unpaired) electrons. The molecule has 1 fully saturated rings. The molecule has 1 aliphatic rings. The topological polar surface area (TPSA) is 39.6 Å². The number of nitrogens with zero attached hydrogens (tertiary/aromatic N) is 3. The maximum atomic E-state index is 9.51. The molecule has 0 amide bonds. The van der Waals surface area contributed by atoms with E-state index in [1.807, 2.05) is 30.6 Å². The molecule has 0 saturated carbocycles. The minimum atomic E-state index is 0.336. The van der Waals surface area contributed by atoms with Gasteiger partial charge in [0.1, 0.15) is 5.75 Å². The molecule has 0 aliphatic carbocycles. The van der Waals surface area contributed by atoms with E-state index in [-0.39, 0.29) is 0 Å². The largest absolute Gasteiger partial charge is 0.508 e. The summed E-state index contributed by atoms with van der Waals surface area (Å²) in [4.78, 5) is 9.38. The lowest BCUT2D eigenvalue weighted by Crippen LogP contribution is -2.44. The van der Waals surface area contributed by atoms with Gasteiger partial charge in [-0.15, -0.1) is 0 Å². The normalized spacial score (nSPS) is 16.5. The molecular weight excluding hydrogens is 382 g/mol. The quantitative estimate of drug-likeness (QED) is 0.577. The first-order chi connectivity index (χ1) is 15.2. The fraction of sp³-hybridized carbons (Fsp3) is 0.370. The highest BCUT2D eigenvalue weighted by molar-refractivity contribution is 5.25. The Kier molecular flexibility index (Phi) is 7.34. The van der Waals surface area contributed by atoms with Gasteiger partial charge in [-0.1, -0.05) is 48.5 Å². The van der Waals surface area contributed by atoms with E-state index in [4.69, 9.17) is 0 Å². The minimum absolute atomic E-state index is 0.336. The highest BCUT2D eigenvalue weighted by Crippen LogP contribution is 2.28. The molecule has 2 heterocycles. The van der Waals surface area contributed by atoms with E-state index in [0.29, 0.717) is 17.7 Å². The van der Waals surface area contributed by atoms with Gasteiger partial charge in [-0.3, -0.25) is 14.8 Å². The maximum absolute atomic E-state index is 9.51. The summed E-state index contributed by atoms with van der Waals surface area (Å²) in [5, 5.41) is 9.51. The summed E-state index contributed by atoms with van der Waals surface area (Å²) in [6, 6.07) is 23.2. The monoisotopic (exact) mass is 415 g/mol. The Balaban J connectivity index is 1.40. The Morgan fingerprint density at radius 1 is 0.935 bits per heavy atom. The van der Waals surface area contributed by atoms with Crippen LogP contribution in [0.3, 0.4) is 0 Å². The summed E-state index contributed by atoms with van der Waals surface area (Å²) in [6.45, 7) is 4.13. The van der Waals surface area contributed by atoms with Crippen LogP contribution in [0.15, 0.2) is 79.1 Å². The predicted molar refractivity (Wildman–Crippen MR) is 126 cm³/mol. The molecule has 0 spiro atoms. The molecule has 1 saturated heterocycles. The Labute approximate surface area is 186 Å². The van der Waals surface area contributed by atoms with Crippen LogP contribution in [0.5, 0.6) is 5.75 Å².